The first kappa shape index (κ1) is 9.41. The Morgan fingerprint density at radius 2 is 1.86 bits per heavy atom. The van der Waals surface area contributed by atoms with E-state index in [4.69, 9.17) is 0 Å². The second-order valence-electron chi connectivity index (χ2n) is 3.21. The van der Waals surface area contributed by atoms with Gasteiger partial charge in [0.05, 0.1) is 0 Å². The molecule has 0 fully saturated rings. The third-order valence-electron chi connectivity index (χ3n) is 2.18. The maximum absolute atomic E-state index is 2.16. The molecule has 0 aliphatic carbocycles. The van der Waals surface area contributed by atoms with E-state index < -0.39 is 0 Å². The lowest BCUT2D eigenvalue weighted by Gasteiger charge is -2.02. The lowest BCUT2D eigenvalue weighted by atomic mass is 10.4. The van der Waals surface area contributed by atoms with Crippen LogP contribution in [0.4, 0.5) is 0 Å². The fourth-order valence-corrected chi connectivity index (χ4v) is 2.28. The molecular formula is C12H13NS. The molecule has 0 radical (unpaired) electrons. The molecule has 2 rings (SSSR count). The summed E-state index contributed by atoms with van der Waals surface area (Å²) in [6.45, 7) is 0. The molecule has 0 unspecified atom stereocenters. The summed E-state index contributed by atoms with van der Waals surface area (Å²) in [6, 6.07) is 14.7. The molecule has 0 spiro atoms. The van der Waals surface area contributed by atoms with Crippen LogP contribution in [0.5, 0.6) is 0 Å². The van der Waals surface area contributed by atoms with E-state index in [9.17, 15) is 0 Å². The Hall–Kier alpha value is -1.15. The van der Waals surface area contributed by atoms with Gasteiger partial charge in [-0.2, -0.15) is 0 Å². The molecule has 1 nitrogen and oxygen atoms in total. The highest BCUT2D eigenvalue weighted by molar-refractivity contribution is 7.98. The van der Waals surface area contributed by atoms with Gasteiger partial charge in [0.15, 0.2) is 0 Å². The van der Waals surface area contributed by atoms with Crippen molar-refractivity contribution in [1.82, 2.24) is 4.57 Å². The van der Waals surface area contributed by atoms with Crippen molar-refractivity contribution in [1.29, 1.82) is 0 Å². The zero-order valence-corrected chi connectivity index (χ0v) is 9.00. The first-order valence-corrected chi connectivity index (χ1v) is 5.63. The van der Waals surface area contributed by atoms with Gasteiger partial charge < -0.3 is 4.57 Å². The van der Waals surface area contributed by atoms with Crippen molar-refractivity contribution in [2.75, 3.05) is 0 Å². The van der Waals surface area contributed by atoms with Gasteiger partial charge in [0, 0.05) is 29.6 Å². The van der Waals surface area contributed by atoms with Gasteiger partial charge in [0.2, 0.25) is 0 Å². The topological polar surface area (TPSA) is 4.93 Å². The van der Waals surface area contributed by atoms with Crippen LogP contribution in [0, 0.1) is 0 Å². The third kappa shape index (κ3) is 2.20. The van der Waals surface area contributed by atoms with Crippen molar-refractivity contribution in [2.45, 2.75) is 10.6 Å². The second kappa shape index (κ2) is 4.38. The monoisotopic (exact) mass is 203 g/mol. The smallest absolute Gasteiger partial charge is 0.0385 e. The molecule has 0 aliphatic rings. The zero-order valence-electron chi connectivity index (χ0n) is 8.18. The molecule has 0 amide bonds. The van der Waals surface area contributed by atoms with E-state index in [2.05, 4.69) is 54.2 Å². The van der Waals surface area contributed by atoms with Crippen LogP contribution < -0.4 is 0 Å². The summed E-state index contributed by atoms with van der Waals surface area (Å²) in [7, 11) is 2.08. The molecule has 2 aromatic rings. The van der Waals surface area contributed by atoms with Gasteiger partial charge in [-0.1, -0.05) is 18.2 Å². The molecule has 0 saturated carbocycles. The molecule has 0 aliphatic heterocycles. The van der Waals surface area contributed by atoms with E-state index >= 15 is 0 Å². The standard InChI is InChI=1S/C12H13NS/c1-13-9-5-6-11(13)10-14-12-7-3-2-4-8-12/h2-9H,10H2,1H3. The molecular weight excluding hydrogens is 190 g/mol. The number of benzene rings is 1. The summed E-state index contributed by atoms with van der Waals surface area (Å²) in [6.07, 6.45) is 2.08. The van der Waals surface area contributed by atoms with Gasteiger partial charge in [0.25, 0.3) is 0 Å². The number of aromatic nitrogens is 1. The Morgan fingerprint density at radius 1 is 1.07 bits per heavy atom. The summed E-state index contributed by atoms with van der Waals surface area (Å²) < 4.78 is 2.16. The maximum Gasteiger partial charge on any atom is 0.0385 e. The number of thioether (sulfide) groups is 1. The van der Waals surface area contributed by atoms with Gasteiger partial charge >= 0.3 is 0 Å². The van der Waals surface area contributed by atoms with Crippen LogP contribution in [0.25, 0.3) is 0 Å². The first-order chi connectivity index (χ1) is 6.86. The Kier molecular flexibility index (Phi) is 2.94. The summed E-state index contributed by atoms with van der Waals surface area (Å²) in [5.74, 6) is 1.04. The van der Waals surface area contributed by atoms with Crippen molar-refractivity contribution in [3.63, 3.8) is 0 Å². The Balaban J connectivity index is 1.99. The number of rotatable bonds is 3. The summed E-state index contributed by atoms with van der Waals surface area (Å²) >= 11 is 1.87. The average Bonchev–Trinajstić information content (AvgIpc) is 2.63. The summed E-state index contributed by atoms with van der Waals surface area (Å²) in [4.78, 5) is 1.33. The molecule has 0 atom stereocenters. The number of hydrogen-bond donors (Lipinski definition) is 0. The van der Waals surface area contributed by atoms with E-state index in [0.717, 1.165) is 5.75 Å². The van der Waals surface area contributed by atoms with Gasteiger partial charge in [0.1, 0.15) is 0 Å². The van der Waals surface area contributed by atoms with E-state index in [1.807, 2.05) is 17.8 Å². The normalized spacial score (nSPS) is 10.4. The summed E-state index contributed by atoms with van der Waals surface area (Å²) in [5.41, 5.74) is 1.36. The minimum atomic E-state index is 1.04. The Labute approximate surface area is 88.8 Å². The Bertz CT molecular complexity index is 392. The molecule has 2 heteroatoms. The third-order valence-corrected chi connectivity index (χ3v) is 3.23. The fraction of sp³-hybridized carbons (Fsp3) is 0.167. The molecule has 1 aromatic heterocycles. The van der Waals surface area contributed by atoms with Gasteiger partial charge in [-0.05, 0) is 24.3 Å². The van der Waals surface area contributed by atoms with Crippen LogP contribution in [-0.2, 0) is 12.8 Å². The van der Waals surface area contributed by atoms with Gasteiger partial charge in [-0.3, -0.25) is 0 Å². The lowest BCUT2D eigenvalue weighted by Crippen LogP contribution is -1.91. The van der Waals surface area contributed by atoms with E-state index in [1.54, 1.807) is 0 Å². The van der Waals surface area contributed by atoms with E-state index in [1.165, 1.54) is 10.6 Å². The molecule has 0 N–H and O–H groups in total. The van der Waals surface area contributed by atoms with Gasteiger partial charge in [-0.15, -0.1) is 11.8 Å². The molecule has 1 aromatic carbocycles. The number of nitrogens with zero attached hydrogens (tertiary/aromatic N) is 1. The van der Waals surface area contributed by atoms with Crippen molar-refractivity contribution in [2.24, 2.45) is 7.05 Å². The molecule has 0 bridgehead atoms. The predicted octanol–water partition coefficient (Wildman–Crippen LogP) is 3.32. The highest BCUT2D eigenvalue weighted by Gasteiger charge is 1.97. The van der Waals surface area contributed by atoms with Crippen LogP contribution >= 0.6 is 11.8 Å². The maximum atomic E-state index is 2.16. The van der Waals surface area contributed by atoms with E-state index in [0.29, 0.717) is 0 Å². The van der Waals surface area contributed by atoms with Crippen LogP contribution in [0.3, 0.4) is 0 Å². The second-order valence-corrected chi connectivity index (χ2v) is 4.26. The van der Waals surface area contributed by atoms with Crippen LogP contribution in [0.15, 0.2) is 53.6 Å². The Morgan fingerprint density at radius 3 is 2.50 bits per heavy atom. The van der Waals surface area contributed by atoms with Crippen molar-refractivity contribution < 1.29 is 0 Å². The molecule has 1 heterocycles. The average molecular weight is 203 g/mol. The van der Waals surface area contributed by atoms with Crippen LogP contribution in [0.1, 0.15) is 5.69 Å². The minimum Gasteiger partial charge on any atom is -0.354 e. The number of hydrogen-bond acceptors (Lipinski definition) is 1. The van der Waals surface area contributed by atoms with E-state index in [-0.39, 0.29) is 0 Å². The largest absolute Gasteiger partial charge is 0.354 e. The number of aryl methyl sites for hydroxylation is 1. The highest BCUT2D eigenvalue weighted by Crippen LogP contribution is 2.21. The van der Waals surface area contributed by atoms with Crippen LogP contribution in [0.2, 0.25) is 0 Å². The van der Waals surface area contributed by atoms with Crippen LogP contribution in [-0.4, -0.2) is 4.57 Å². The van der Waals surface area contributed by atoms with Crippen molar-refractivity contribution in [3.05, 3.63) is 54.4 Å². The lowest BCUT2D eigenvalue weighted by molar-refractivity contribution is 0.875. The van der Waals surface area contributed by atoms with Crippen molar-refractivity contribution in [3.8, 4) is 0 Å². The zero-order chi connectivity index (χ0) is 9.80. The van der Waals surface area contributed by atoms with Gasteiger partial charge in [-0.25, -0.2) is 0 Å². The molecule has 14 heavy (non-hydrogen) atoms. The fourth-order valence-electron chi connectivity index (χ4n) is 1.32. The molecule has 72 valence electrons. The predicted molar refractivity (Wildman–Crippen MR) is 61.4 cm³/mol. The quantitative estimate of drug-likeness (QED) is 0.693. The summed E-state index contributed by atoms with van der Waals surface area (Å²) in [5, 5.41) is 0. The minimum absolute atomic E-state index is 1.04. The van der Waals surface area contributed by atoms with Crippen molar-refractivity contribution >= 4 is 11.8 Å². The first-order valence-electron chi connectivity index (χ1n) is 4.64. The highest BCUT2D eigenvalue weighted by atomic mass is 32.2. The molecule has 0 saturated heterocycles. The SMILES string of the molecule is Cn1cccc1CSc1ccccc1.